The van der Waals surface area contributed by atoms with Gasteiger partial charge in [-0.25, -0.2) is 4.79 Å². The van der Waals surface area contributed by atoms with Gasteiger partial charge in [-0.3, -0.25) is 4.68 Å². The van der Waals surface area contributed by atoms with E-state index in [1.54, 1.807) is 0 Å². The molecule has 3 heterocycles. The molecule has 2 fully saturated rings. The Bertz CT molecular complexity index is 595. The molecule has 0 aromatic carbocycles. The lowest BCUT2D eigenvalue weighted by molar-refractivity contribution is 0.0986. The van der Waals surface area contributed by atoms with Crippen LogP contribution in [0.2, 0.25) is 0 Å². The molecule has 2 amide bonds. The van der Waals surface area contributed by atoms with Crippen LogP contribution in [0.1, 0.15) is 42.8 Å². The van der Waals surface area contributed by atoms with Crippen LogP contribution < -0.4 is 10.6 Å². The summed E-state index contributed by atoms with van der Waals surface area (Å²) in [6.45, 7) is 8.23. The van der Waals surface area contributed by atoms with Crippen LogP contribution in [0, 0.1) is 19.8 Å². The molecule has 134 valence electrons. The van der Waals surface area contributed by atoms with E-state index < -0.39 is 0 Å². The molecule has 2 aliphatic heterocycles. The van der Waals surface area contributed by atoms with Gasteiger partial charge in [0.25, 0.3) is 0 Å². The SMILES string of the molecule is Cc1nn(C)c(C)c1[C@H]1OCC[C@@H]1NC(=O)N[C@@H](C)[C@H]1CCOC1. The molecule has 7 nitrogen and oxygen atoms in total. The van der Waals surface area contributed by atoms with Crippen LogP contribution in [0.3, 0.4) is 0 Å². The maximum atomic E-state index is 12.4. The van der Waals surface area contributed by atoms with Gasteiger partial charge in [0.1, 0.15) is 6.10 Å². The first-order valence-electron chi connectivity index (χ1n) is 8.74. The summed E-state index contributed by atoms with van der Waals surface area (Å²) >= 11 is 0. The van der Waals surface area contributed by atoms with Gasteiger partial charge in [-0.2, -0.15) is 5.10 Å². The molecular weight excluding hydrogens is 308 g/mol. The van der Waals surface area contributed by atoms with Crippen molar-refractivity contribution in [1.82, 2.24) is 20.4 Å². The highest BCUT2D eigenvalue weighted by atomic mass is 16.5. The summed E-state index contributed by atoms with van der Waals surface area (Å²) in [5.41, 5.74) is 3.14. The van der Waals surface area contributed by atoms with Crippen LogP contribution in [0.4, 0.5) is 4.79 Å². The molecule has 0 aliphatic carbocycles. The second kappa shape index (κ2) is 7.11. The molecule has 1 aromatic rings. The lowest BCUT2D eigenvalue weighted by Gasteiger charge is -2.24. The first kappa shape index (κ1) is 17.2. The van der Waals surface area contributed by atoms with Crippen molar-refractivity contribution in [2.75, 3.05) is 19.8 Å². The zero-order valence-corrected chi connectivity index (χ0v) is 15.0. The van der Waals surface area contributed by atoms with E-state index in [1.165, 1.54) is 0 Å². The van der Waals surface area contributed by atoms with Gasteiger partial charge in [-0.1, -0.05) is 0 Å². The molecular formula is C17H28N4O3. The molecule has 3 rings (SSSR count). The summed E-state index contributed by atoms with van der Waals surface area (Å²) < 4.78 is 13.2. The molecule has 0 spiro atoms. The largest absolute Gasteiger partial charge is 0.381 e. The van der Waals surface area contributed by atoms with E-state index in [2.05, 4.69) is 15.7 Å². The van der Waals surface area contributed by atoms with Crippen molar-refractivity contribution in [2.45, 2.75) is 51.8 Å². The van der Waals surface area contributed by atoms with Crippen LogP contribution in [0.15, 0.2) is 0 Å². The van der Waals surface area contributed by atoms with E-state index in [-0.39, 0.29) is 24.2 Å². The smallest absolute Gasteiger partial charge is 0.315 e. The third kappa shape index (κ3) is 3.42. The molecule has 0 saturated carbocycles. The number of carbonyl (C=O) groups excluding carboxylic acids is 1. The minimum atomic E-state index is -0.130. The van der Waals surface area contributed by atoms with Crippen molar-refractivity contribution in [3.05, 3.63) is 17.0 Å². The number of urea groups is 1. The van der Waals surface area contributed by atoms with Crippen molar-refractivity contribution >= 4 is 6.03 Å². The van der Waals surface area contributed by atoms with Crippen LogP contribution in [0.5, 0.6) is 0 Å². The third-order valence-corrected chi connectivity index (χ3v) is 5.29. The van der Waals surface area contributed by atoms with Crippen LogP contribution >= 0.6 is 0 Å². The minimum absolute atomic E-state index is 0.0290. The number of nitrogens with one attached hydrogen (secondary N) is 2. The van der Waals surface area contributed by atoms with Gasteiger partial charge in [0.05, 0.1) is 18.3 Å². The summed E-state index contributed by atoms with van der Waals surface area (Å²) in [5, 5.41) is 10.6. The Morgan fingerprint density at radius 2 is 2.12 bits per heavy atom. The Kier molecular flexibility index (Phi) is 5.10. The van der Waals surface area contributed by atoms with Gasteiger partial charge in [0, 0.05) is 43.5 Å². The monoisotopic (exact) mass is 336 g/mol. The maximum Gasteiger partial charge on any atom is 0.315 e. The zero-order valence-electron chi connectivity index (χ0n) is 15.0. The Morgan fingerprint density at radius 1 is 1.33 bits per heavy atom. The van der Waals surface area contributed by atoms with Gasteiger partial charge in [-0.05, 0) is 33.6 Å². The predicted octanol–water partition coefficient (Wildman–Crippen LogP) is 1.59. The van der Waals surface area contributed by atoms with E-state index in [0.717, 1.165) is 43.0 Å². The highest BCUT2D eigenvalue weighted by molar-refractivity contribution is 5.74. The highest BCUT2D eigenvalue weighted by Crippen LogP contribution is 2.33. The predicted molar refractivity (Wildman–Crippen MR) is 89.8 cm³/mol. The topological polar surface area (TPSA) is 77.4 Å². The highest BCUT2D eigenvalue weighted by Gasteiger charge is 2.35. The molecule has 2 saturated heterocycles. The van der Waals surface area contributed by atoms with Crippen molar-refractivity contribution in [3.63, 3.8) is 0 Å². The molecule has 2 N–H and O–H groups in total. The summed E-state index contributed by atoms with van der Waals surface area (Å²) in [6.07, 6.45) is 1.69. The number of hydrogen-bond acceptors (Lipinski definition) is 4. The lowest BCUT2D eigenvalue weighted by Crippen LogP contribution is -2.48. The van der Waals surface area contributed by atoms with E-state index in [9.17, 15) is 4.79 Å². The summed E-state index contributed by atoms with van der Waals surface area (Å²) in [6, 6.07) is -0.0529. The summed E-state index contributed by atoms with van der Waals surface area (Å²) in [5.74, 6) is 0.397. The molecule has 0 radical (unpaired) electrons. The number of carbonyl (C=O) groups is 1. The van der Waals surface area contributed by atoms with E-state index in [0.29, 0.717) is 12.5 Å². The molecule has 0 bridgehead atoms. The third-order valence-electron chi connectivity index (χ3n) is 5.29. The fourth-order valence-corrected chi connectivity index (χ4v) is 3.71. The Labute approximate surface area is 143 Å². The van der Waals surface area contributed by atoms with Gasteiger partial charge in [0.15, 0.2) is 0 Å². The van der Waals surface area contributed by atoms with Crippen molar-refractivity contribution in [2.24, 2.45) is 13.0 Å². The van der Waals surface area contributed by atoms with Gasteiger partial charge in [-0.15, -0.1) is 0 Å². The number of aryl methyl sites for hydroxylation is 2. The number of ether oxygens (including phenoxy) is 2. The first-order chi connectivity index (χ1) is 11.5. The van der Waals surface area contributed by atoms with E-state index in [1.807, 2.05) is 32.5 Å². The van der Waals surface area contributed by atoms with Gasteiger partial charge in [0.2, 0.25) is 0 Å². The average Bonchev–Trinajstić information content (AvgIpc) is 3.23. The number of hydrogen-bond donors (Lipinski definition) is 2. The van der Waals surface area contributed by atoms with Crippen molar-refractivity contribution in [1.29, 1.82) is 0 Å². The fourth-order valence-electron chi connectivity index (χ4n) is 3.71. The number of nitrogens with zero attached hydrogens (tertiary/aromatic N) is 2. The number of rotatable bonds is 4. The van der Waals surface area contributed by atoms with E-state index in [4.69, 9.17) is 9.47 Å². The molecule has 4 atom stereocenters. The Hall–Kier alpha value is -1.60. The molecule has 1 aromatic heterocycles. The second-order valence-corrected chi connectivity index (χ2v) is 6.92. The standard InChI is InChI=1S/C17H28N4O3/c1-10(13-5-7-23-9-13)18-17(22)19-14-6-8-24-16(14)15-11(2)20-21(4)12(15)3/h10,13-14,16H,5-9H2,1-4H3,(H2,18,19,22)/t10-,13-,14-,16-/m0/s1. The minimum Gasteiger partial charge on any atom is -0.381 e. The summed E-state index contributed by atoms with van der Waals surface area (Å²) in [4.78, 5) is 12.4. The maximum absolute atomic E-state index is 12.4. The average molecular weight is 336 g/mol. The zero-order chi connectivity index (χ0) is 17.3. The Morgan fingerprint density at radius 3 is 2.75 bits per heavy atom. The van der Waals surface area contributed by atoms with Crippen molar-refractivity contribution < 1.29 is 14.3 Å². The number of aromatic nitrogens is 2. The normalized spacial score (nSPS) is 28.1. The Balaban J connectivity index is 1.62. The first-order valence-corrected chi connectivity index (χ1v) is 8.74. The van der Waals surface area contributed by atoms with Crippen LogP contribution in [-0.2, 0) is 16.5 Å². The summed E-state index contributed by atoms with van der Waals surface area (Å²) in [7, 11) is 1.93. The van der Waals surface area contributed by atoms with Gasteiger partial charge >= 0.3 is 6.03 Å². The van der Waals surface area contributed by atoms with Crippen LogP contribution in [-0.4, -0.2) is 47.7 Å². The van der Waals surface area contributed by atoms with Crippen LogP contribution in [0.25, 0.3) is 0 Å². The second-order valence-electron chi connectivity index (χ2n) is 6.92. The molecule has 2 aliphatic rings. The molecule has 24 heavy (non-hydrogen) atoms. The molecule has 7 heteroatoms. The molecule has 0 unspecified atom stereocenters. The van der Waals surface area contributed by atoms with Gasteiger partial charge < -0.3 is 20.1 Å². The van der Waals surface area contributed by atoms with E-state index >= 15 is 0 Å². The number of amides is 2. The lowest BCUT2D eigenvalue weighted by atomic mass is 10.00. The quantitative estimate of drug-likeness (QED) is 0.875. The fraction of sp³-hybridized carbons (Fsp3) is 0.765. The van der Waals surface area contributed by atoms with Crippen molar-refractivity contribution in [3.8, 4) is 0 Å².